The van der Waals surface area contributed by atoms with E-state index in [1.54, 1.807) is 0 Å². The molecule has 4 heterocycles. The molecule has 4 saturated heterocycles. The number of methoxy groups -OCH3 is 2. The van der Waals surface area contributed by atoms with Crippen molar-refractivity contribution in [3.05, 3.63) is 0 Å². The first-order valence-corrected chi connectivity index (χ1v) is 14.8. The number of hydrogen-bond acceptors (Lipinski definition) is 25. The van der Waals surface area contributed by atoms with Gasteiger partial charge in [-0.1, -0.05) is 14.9 Å². The van der Waals surface area contributed by atoms with Crippen LogP contribution in [-0.2, 0) is 61.8 Å². The Kier molecular flexibility index (Phi) is 16.3. The molecule has 25 nitrogen and oxygen atoms in total. The molecule has 25 heteroatoms. The van der Waals surface area contributed by atoms with Crippen molar-refractivity contribution in [1.82, 2.24) is 0 Å². The Hall–Kier alpha value is -2.80. The minimum atomic E-state index is -2.54. The Labute approximate surface area is 299 Å². The molecule has 0 bridgehead atoms. The summed E-state index contributed by atoms with van der Waals surface area (Å²) in [4.78, 5) is 47.2. The molecule has 0 spiro atoms. The molecule has 4 aliphatic rings. The summed E-state index contributed by atoms with van der Waals surface area (Å²) in [6.07, 6.45) is -44.8. The van der Waals surface area contributed by atoms with Crippen LogP contribution in [0.2, 0.25) is 0 Å². The second-order valence-corrected chi connectivity index (χ2v) is 11.6. The van der Waals surface area contributed by atoms with Crippen LogP contribution in [0.25, 0.3) is 0 Å². The Morgan fingerprint density at radius 3 is 0.868 bits per heavy atom. The maximum Gasteiger partial charge on any atom is 0.187 e. The van der Waals surface area contributed by atoms with Crippen molar-refractivity contribution >= 4 is 23.9 Å². The molecule has 0 aromatic rings. The first kappa shape index (κ1) is 46.4. The van der Waals surface area contributed by atoms with Gasteiger partial charge in [-0.2, -0.15) is 0 Å². The van der Waals surface area contributed by atoms with Crippen LogP contribution < -0.4 is 20.4 Å². The molecule has 0 saturated carbocycles. The van der Waals surface area contributed by atoms with E-state index in [1.807, 2.05) is 0 Å². The van der Waals surface area contributed by atoms with E-state index in [0.29, 0.717) is 0 Å². The van der Waals surface area contributed by atoms with Gasteiger partial charge in [0.25, 0.3) is 0 Å². The zero-order chi connectivity index (χ0) is 38.2. The number of aliphatic carboxylic acids is 4. The van der Waals surface area contributed by atoms with Gasteiger partial charge in [-0.05, 0) is 0 Å². The van der Waals surface area contributed by atoms with Gasteiger partial charge >= 0.3 is 0 Å². The van der Waals surface area contributed by atoms with Crippen LogP contribution >= 0.6 is 0 Å². The van der Waals surface area contributed by atoms with E-state index < -0.39 is 147 Å². The minimum absolute atomic E-state index is 0. The van der Waals surface area contributed by atoms with E-state index >= 15 is 0 Å². The SMILES string of the molecule is C.C.CO[C@@H]1OC(C(=O)[O-])[C@@H](O[C@@H]2OC(C(=O)[O-])[C@@H](O[C@@H]3OC(C(=O)[O-])[C@@H](O[C@@H]4OC(C(=O)[O-])[C@@H](OC)[C@@H](O)C4O)C(O)C3O)[C@H](O)C2O)C(O)C1O. The highest BCUT2D eigenvalue weighted by molar-refractivity contribution is 5.72. The Bertz CT molecular complexity index is 1250. The Morgan fingerprint density at radius 1 is 0.396 bits per heavy atom. The van der Waals surface area contributed by atoms with E-state index in [1.165, 1.54) is 0 Å². The lowest BCUT2D eigenvalue weighted by Crippen LogP contribution is -2.70. The lowest BCUT2D eigenvalue weighted by atomic mass is 9.95. The van der Waals surface area contributed by atoms with Crippen LogP contribution in [0.5, 0.6) is 0 Å². The summed E-state index contributed by atoms with van der Waals surface area (Å²) >= 11 is 0. The second-order valence-electron chi connectivity index (χ2n) is 11.6. The smallest absolute Gasteiger partial charge is 0.187 e. The maximum atomic E-state index is 12.0. The van der Waals surface area contributed by atoms with Crippen molar-refractivity contribution in [3.63, 3.8) is 0 Å². The molecule has 0 amide bonds. The fraction of sp³-hybridized carbons (Fsp3) is 0.857. The van der Waals surface area contributed by atoms with Gasteiger partial charge in [0.05, 0.1) is 23.9 Å². The van der Waals surface area contributed by atoms with E-state index in [9.17, 15) is 80.5 Å². The lowest BCUT2D eigenvalue weighted by Gasteiger charge is -2.49. The molecule has 4 rings (SSSR count). The molecule has 53 heavy (non-hydrogen) atoms. The van der Waals surface area contributed by atoms with Gasteiger partial charge in [-0.25, -0.2) is 0 Å². The number of carboxylic acids is 4. The molecule has 308 valence electrons. The molecule has 4 aliphatic heterocycles. The summed E-state index contributed by atoms with van der Waals surface area (Å²) < 4.78 is 45.3. The van der Waals surface area contributed by atoms with Crippen molar-refractivity contribution in [2.24, 2.45) is 0 Å². The predicted octanol–water partition coefficient (Wildman–Crippen LogP) is -12.1. The summed E-state index contributed by atoms with van der Waals surface area (Å²) in [5.74, 6) is -8.42. The highest BCUT2D eigenvalue weighted by Gasteiger charge is 2.56. The van der Waals surface area contributed by atoms with Gasteiger partial charge in [0.15, 0.2) is 25.2 Å². The van der Waals surface area contributed by atoms with Crippen LogP contribution in [0.4, 0.5) is 0 Å². The Balaban J connectivity index is 0.00000486. The van der Waals surface area contributed by atoms with Crippen molar-refractivity contribution in [1.29, 1.82) is 0 Å². The fourth-order valence-corrected chi connectivity index (χ4v) is 5.82. The molecular formula is C28H42O25-4. The van der Waals surface area contributed by atoms with Gasteiger partial charge in [-0.3, -0.25) is 0 Å². The van der Waals surface area contributed by atoms with Crippen molar-refractivity contribution in [2.75, 3.05) is 14.2 Å². The number of carbonyl (C=O) groups excluding carboxylic acids is 4. The van der Waals surface area contributed by atoms with Crippen molar-refractivity contribution in [2.45, 2.75) is 138 Å². The average molecular weight is 779 g/mol. The minimum Gasteiger partial charge on any atom is -0.547 e. The number of rotatable bonds is 12. The van der Waals surface area contributed by atoms with Gasteiger partial charge < -0.3 is 123 Å². The number of carboxylic acid groups (broad SMARTS) is 4. The molecule has 0 aliphatic carbocycles. The summed E-state index contributed by atoms with van der Waals surface area (Å²) in [6.45, 7) is 0. The first-order chi connectivity index (χ1) is 23.9. The summed E-state index contributed by atoms with van der Waals surface area (Å²) in [5, 5.41) is 132. The zero-order valence-electron chi connectivity index (χ0n) is 26.1. The third kappa shape index (κ3) is 9.19. The summed E-state index contributed by atoms with van der Waals surface area (Å²) in [7, 11) is 1.95. The van der Waals surface area contributed by atoms with Crippen LogP contribution in [0.1, 0.15) is 14.9 Å². The third-order valence-electron chi connectivity index (χ3n) is 8.49. The quantitative estimate of drug-likeness (QED) is 0.0911. The molecule has 0 aromatic carbocycles. The summed E-state index contributed by atoms with van der Waals surface area (Å²) in [5.41, 5.74) is 0. The van der Waals surface area contributed by atoms with Gasteiger partial charge in [0.1, 0.15) is 97.7 Å². The highest BCUT2D eigenvalue weighted by Crippen LogP contribution is 2.34. The van der Waals surface area contributed by atoms with Crippen LogP contribution in [0.15, 0.2) is 0 Å². The van der Waals surface area contributed by atoms with Crippen molar-refractivity contribution in [3.8, 4) is 0 Å². The third-order valence-corrected chi connectivity index (χ3v) is 8.49. The van der Waals surface area contributed by atoms with Gasteiger partial charge in [-0.15, -0.1) is 0 Å². The van der Waals surface area contributed by atoms with Crippen LogP contribution in [-0.4, -0.2) is 202 Å². The largest absolute Gasteiger partial charge is 0.547 e. The predicted molar refractivity (Wildman–Crippen MR) is 149 cm³/mol. The maximum absolute atomic E-state index is 12.0. The molecule has 10 unspecified atom stereocenters. The first-order valence-electron chi connectivity index (χ1n) is 14.8. The van der Waals surface area contributed by atoms with Gasteiger partial charge in [0.2, 0.25) is 0 Å². The van der Waals surface area contributed by atoms with Crippen LogP contribution in [0, 0.1) is 0 Å². The average Bonchev–Trinajstić information content (AvgIpc) is 3.07. The van der Waals surface area contributed by atoms with Crippen molar-refractivity contribution < 1.29 is 123 Å². The summed E-state index contributed by atoms with van der Waals surface area (Å²) in [6, 6.07) is 0. The topological polar surface area (TPSA) is 405 Å². The molecule has 8 N–H and O–H groups in total. The van der Waals surface area contributed by atoms with Crippen LogP contribution in [0.3, 0.4) is 0 Å². The normalized spacial score (nSPS) is 45.9. The number of carbonyl (C=O) groups is 4. The fourth-order valence-electron chi connectivity index (χ4n) is 5.82. The number of aliphatic hydroxyl groups is 8. The molecule has 20 atom stereocenters. The van der Waals surface area contributed by atoms with E-state index in [0.717, 1.165) is 14.2 Å². The van der Waals surface area contributed by atoms with E-state index in [4.69, 9.17) is 42.6 Å². The molecule has 0 radical (unpaired) electrons. The highest BCUT2D eigenvalue weighted by atomic mass is 16.8. The Morgan fingerprint density at radius 2 is 0.623 bits per heavy atom. The standard InChI is InChI=1S/C26H38O25.2CH4/c1-43-11-3(27)8(32)24(49-15(11)19(35)36)46-13-5(29)10(34)26(51-17(13)21(39)40)47-14-6(30)9(33)25(50-18(14)22(41)42)45-12-4(28)7(31)23(44-2)48-16(12)20(37)38;;/h3-18,23-34H,1-2H3,(H,35,36)(H,37,38)(H,39,40)(H,41,42);2*1H4/p-4/t3-,4?,5?,6+,7?,8?,9?,10?,11-,12-,13-,14-,15?,16?,17?,18?,23+,24+,25+,26+;;/m0../s1. The monoisotopic (exact) mass is 778 g/mol. The number of aliphatic hydroxyl groups excluding tert-OH is 8. The van der Waals surface area contributed by atoms with Gasteiger partial charge in [0, 0.05) is 14.2 Å². The van der Waals surface area contributed by atoms with E-state index in [-0.39, 0.29) is 14.9 Å². The number of hydrogen-bond donors (Lipinski definition) is 8. The second kappa shape index (κ2) is 18.7. The van der Waals surface area contributed by atoms with E-state index in [2.05, 4.69) is 0 Å². The zero-order valence-corrected chi connectivity index (χ0v) is 26.1. The molecular weight excluding hydrogens is 736 g/mol. The lowest BCUT2D eigenvalue weighted by molar-refractivity contribution is -0.402. The molecule has 0 aromatic heterocycles. The number of ether oxygens (including phenoxy) is 9. The molecule has 4 fully saturated rings.